The molecule has 69 heavy (non-hydrogen) atoms. The molecule has 0 aliphatic rings. The van der Waals surface area contributed by atoms with Gasteiger partial charge in [-0.3, -0.25) is 0 Å². The van der Waals surface area contributed by atoms with Crippen molar-refractivity contribution in [3.8, 4) is 22.3 Å². The lowest BCUT2D eigenvalue weighted by Gasteiger charge is -2.24. The van der Waals surface area contributed by atoms with E-state index in [9.17, 15) is 0 Å². The molecule has 1 heteroatoms. The summed E-state index contributed by atoms with van der Waals surface area (Å²) in [6.45, 7) is 48.9. The number of aryl methyl sites for hydroxylation is 10. The highest BCUT2D eigenvalue weighted by Crippen LogP contribution is 2.40. The lowest BCUT2D eigenvalue weighted by molar-refractivity contribution is 0.569. The van der Waals surface area contributed by atoms with E-state index in [1.807, 2.05) is 0 Å². The third kappa shape index (κ3) is 13.4. The van der Waals surface area contributed by atoms with Gasteiger partial charge in [-0.2, -0.15) is 0 Å². The van der Waals surface area contributed by atoms with E-state index >= 15 is 0 Å². The number of fused-ring (bicyclic) bond motifs is 3. The van der Waals surface area contributed by atoms with Crippen LogP contribution in [0.4, 0.5) is 0 Å². The molecule has 1 heterocycles. The number of rotatable bonds is 2. The summed E-state index contributed by atoms with van der Waals surface area (Å²) >= 11 is 0. The Balaban J connectivity index is 0.000000174. The van der Waals surface area contributed by atoms with Crippen LogP contribution in [-0.2, 0) is 21.7 Å². The second-order valence-electron chi connectivity index (χ2n) is 24.2. The van der Waals surface area contributed by atoms with E-state index in [2.05, 4.69) is 274 Å². The van der Waals surface area contributed by atoms with Crippen molar-refractivity contribution in [2.75, 3.05) is 0 Å². The fourth-order valence-electron chi connectivity index (χ4n) is 10.3. The summed E-state index contributed by atoms with van der Waals surface area (Å²) in [6.07, 6.45) is 0. The molecule has 0 saturated heterocycles. The average molecular weight is 919 g/mol. The Morgan fingerprint density at radius 3 is 1.23 bits per heavy atom. The molecule has 0 aliphatic heterocycles. The number of benzene rings is 7. The van der Waals surface area contributed by atoms with E-state index in [0.29, 0.717) is 0 Å². The molecule has 0 amide bonds. The lowest BCUT2D eigenvalue weighted by Crippen LogP contribution is -2.13. The molecule has 0 saturated carbocycles. The molecule has 0 atom stereocenters. The van der Waals surface area contributed by atoms with Crippen molar-refractivity contribution < 1.29 is 4.42 Å². The van der Waals surface area contributed by atoms with Crippen molar-refractivity contribution in [1.29, 1.82) is 0 Å². The molecule has 0 N–H and O–H groups in total. The molecule has 0 bridgehead atoms. The Bertz CT molecular complexity index is 3030. The molecule has 1 nitrogen and oxygen atoms in total. The summed E-state index contributed by atoms with van der Waals surface area (Å²) in [7, 11) is 0. The minimum Gasteiger partial charge on any atom is -0.456 e. The van der Waals surface area contributed by atoms with Crippen LogP contribution in [0.2, 0.25) is 0 Å². The Kier molecular flexibility index (Phi) is 16.6. The molecular weight excluding hydrogens is 833 g/mol. The minimum atomic E-state index is 0.0837. The summed E-state index contributed by atoms with van der Waals surface area (Å²) in [5.41, 5.74) is 27.2. The van der Waals surface area contributed by atoms with Gasteiger partial charge in [0.15, 0.2) is 0 Å². The molecule has 0 unspecified atom stereocenters. The van der Waals surface area contributed by atoms with Crippen LogP contribution in [0, 0.1) is 69.2 Å². The largest absolute Gasteiger partial charge is 0.456 e. The van der Waals surface area contributed by atoms with Gasteiger partial charge in [0, 0.05) is 16.3 Å². The van der Waals surface area contributed by atoms with Crippen molar-refractivity contribution in [1.82, 2.24) is 0 Å². The van der Waals surface area contributed by atoms with Crippen molar-refractivity contribution in [2.24, 2.45) is 0 Å². The molecule has 364 valence electrons. The van der Waals surface area contributed by atoms with Gasteiger partial charge in [-0.05, 0) is 180 Å². The average Bonchev–Trinajstić information content (AvgIpc) is 3.58. The van der Waals surface area contributed by atoms with Crippen molar-refractivity contribution in [3.63, 3.8) is 0 Å². The zero-order chi connectivity index (χ0) is 51.6. The molecule has 7 aromatic carbocycles. The fraction of sp³-hybridized carbons (Fsp3) is 0.382. The van der Waals surface area contributed by atoms with Gasteiger partial charge in [0.05, 0.1) is 0 Å². The molecule has 1 aromatic heterocycles. The number of hydrogen-bond acceptors (Lipinski definition) is 1. The highest BCUT2D eigenvalue weighted by Gasteiger charge is 2.24. The first-order chi connectivity index (χ1) is 31.9. The number of hydrogen-bond donors (Lipinski definition) is 0. The van der Waals surface area contributed by atoms with E-state index in [4.69, 9.17) is 4.42 Å². The minimum absolute atomic E-state index is 0.0837. The Labute approximate surface area is 419 Å². The zero-order valence-corrected chi connectivity index (χ0v) is 47.0. The first kappa shape index (κ1) is 54.3. The van der Waals surface area contributed by atoms with Crippen molar-refractivity contribution >= 4 is 21.9 Å². The molecule has 0 aliphatic carbocycles. The Hall–Kier alpha value is -5.66. The summed E-state index contributed by atoms with van der Waals surface area (Å²) < 4.78 is 6.25. The summed E-state index contributed by atoms with van der Waals surface area (Å²) in [4.78, 5) is 0. The van der Waals surface area contributed by atoms with Gasteiger partial charge in [0.1, 0.15) is 11.2 Å². The first-order valence-electron chi connectivity index (χ1n) is 25.3. The number of furan rings is 1. The van der Waals surface area contributed by atoms with Crippen LogP contribution in [0.15, 0.2) is 126 Å². The maximum absolute atomic E-state index is 6.25. The third-order valence-corrected chi connectivity index (χ3v) is 13.4. The lowest BCUT2D eigenvalue weighted by atomic mass is 9.81. The standard InChI is InChI=1S/C19H22O.C19H24.C18H22.C12H18/c1-11-9-13(3)16-14-8-7-12(2)17(19(4,5)6)18(14)20-15(16)10-11;1-13-7-9-16(10-8-13)17-12-18(19(4,5)6)15(3)11-14(17)2;1-13-11-14(2)17(18(3,4)5)12-16(13)15-9-7-6-8-10-15;1-9-6-7-11(10(2)8-9)12(3,4)5/h7-10H,1-6H3;7-12H,1-6H3;6-12H,1-5H3;6-8H,1-5H3. The smallest absolute Gasteiger partial charge is 0.139 e. The van der Waals surface area contributed by atoms with Gasteiger partial charge in [-0.25, -0.2) is 0 Å². The van der Waals surface area contributed by atoms with Crippen LogP contribution in [0.3, 0.4) is 0 Å². The zero-order valence-electron chi connectivity index (χ0n) is 47.0. The van der Waals surface area contributed by atoms with Crippen LogP contribution in [0.5, 0.6) is 0 Å². The maximum atomic E-state index is 6.25. The van der Waals surface area contributed by atoms with Gasteiger partial charge in [0.25, 0.3) is 0 Å². The van der Waals surface area contributed by atoms with E-state index in [0.717, 1.165) is 11.2 Å². The van der Waals surface area contributed by atoms with Gasteiger partial charge >= 0.3 is 0 Å². The summed E-state index contributed by atoms with van der Waals surface area (Å²) in [5, 5.41) is 2.50. The van der Waals surface area contributed by atoms with Crippen LogP contribution >= 0.6 is 0 Å². The predicted molar refractivity (Wildman–Crippen MR) is 306 cm³/mol. The Morgan fingerprint density at radius 1 is 0.319 bits per heavy atom. The van der Waals surface area contributed by atoms with Crippen molar-refractivity contribution in [2.45, 2.75) is 174 Å². The summed E-state index contributed by atoms with van der Waals surface area (Å²) in [6, 6.07) is 44.3. The van der Waals surface area contributed by atoms with Gasteiger partial charge in [-0.1, -0.05) is 209 Å². The highest BCUT2D eigenvalue weighted by molar-refractivity contribution is 6.08. The molecule has 8 rings (SSSR count). The van der Waals surface area contributed by atoms with Crippen molar-refractivity contribution in [3.05, 3.63) is 199 Å². The second-order valence-corrected chi connectivity index (χ2v) is 24.2. The highest BCUT2D eigenvalue weighted by atomic mass is 16.3. The SMILES string of the molecule is Cc1cc(C)c(C(C)(C)C)cc1-c1ccccc1.Cc1cc(C)c2c(c1)oc1c(C(C)(C)C)c(C)ccc12.Cc1ccc(-c2cc(C(C)(C)C)c(C)cc2C)cc1.Cc1ccc(C(C)(C)C)c(C)c1. The monoisotopic (exact) mass is 919 g/mol. The quantitative estimate of drug-likeness (QED) is 0.168. The van der Waals surface area contributed by atoms with E-state index in [1.54, 1.807) is 0 Å². The molecule has 8 aromatic rings. The normalized spacial score (nSPS) is 11.9. The van der Waals surface area contributed by atoms with Crippen LogP contribution < -0.4 is 0 Å². The third-order valence-electron chi connectivity index (χ3n) is 13.4. The van der Waals surface area contributed by atoms with E-state index in [-0.39, 0.29) is 21.7 Å². The van der Waals surface area contributed by atoms with Crippen LogP contribution in [-0.4, -0.2) is 0 Å². The van der Waals surface area contributed by atoms with Gasteiger partial charge in [-0.15, -0.1) is 0 Å². The Morgan fingerprint density at radius 2 is 0.768 bits per heavy atom. The second kappa shape index (κ2) is 21.1. The fourth-order valence-corrected chi connectivity index (χ4v) is 10.3. The molecular formula is C68H86O. The topological polar surface area (TPSA) is 13.1 Å². The van der Waals surface area contributed by atoms with E-state index in [1.165, 1.54) is 111 Å². The van der Waals surface area contributed by atoms with Crippen LogP contribution in [0.1, 0.15) is 161 Å². The van der Waals surface area contributed by atoms with Crippen LogP contribution in [0.25, 0.3) is 44.2 Å². The van der Waals surface area contributed by atoms with Gasteiger partial charge in [0.2, 0.25) is 0 Å². The maximum Gasteiger partial charge on any atom is 0.139 e. The molecule has 0 radical (unpaired) electrons. The first-order valence-corrected chi connectivity index (χ1v) is 25.3. The van der Waals surface area contributed by atoms with Gasteiger partial charge < -0.3 is 4.42 Å². The molecule has 0 spiro atoms. The summed E-state index contributed by atoms with van der Waals surface area (Å²) in [5.74, 6) is 0. The predicted octanol–water partition coefficient (Wildman–Crippen LogP) is 20.3. The molecule has 0 fully saturated rings. The van der Waals surface area contributed by atoms with E-state index < -0.39 is 0 Å².